The zero-order valence-corrected chi connectivity index (χ0v) is 13.5. The first-order chi connectivity index (χ1) is 8.38. The van der Waals surface area contributed by atoms with E-state index in [0.717, 1.165) is 35.8 Å². The van der Waals surface area contributed by atoms with Gasteiger partial charge in [0, 0.05) is 12.1 Å². The summed E-state index contributed by atoms with van der Waals surface area (Å²) in [5, 5.41) is 3.99. The van der Waals surface area contributed by atoms with E-state index in [2.05, 4.69) is 46.9 Å². The van der Waals surface area contributed by atoms with E-state index in [1.54, 1.807) is 0 Å². The van der Waals surface area contributed by atoms with E-state index in [1.165, 1.54) is 32.1 Å². The predicted molar refractivity (Wildman–Crippen MR) is 81.8 cm³/mol. The van der Waals surface area contributed by atoms with Crippen LogP contribution in [0.15, 0.2) is 0 Å². The molecule has 0 heterocycles. The Kier molecular flexibility index (Phi) is 6.70. The Morgan fingerprint density at radius 3 is 1.94 bits per heavy atom. The van der Waals surface area contributed by atoms with Gasteiger partial charge in [-0.05, 0) is 55.8 Å². The van der Waals surface area contributed by atoms with Crippen LogP contribution in [0, 0.1) is 23.7 Å². The van der Waals surface area contributed by atoms with Crippen LogP contribution >= 0.6 is 0 Å². The molecule has 1 aliphatic rings. The smallest absolute Gasteiger partial charge is 0.00954 e. The van der Waals surface area contributed by atoms with Crippen LogP contribution in [-0.4, -0.2) is 12.1 Å². The van der Waals surface area contributed by atoms with Crippen LogP contribution in [0.3, 0.4) is 0 Å². The maximum atomic E-state index is 3.99. The number of nitrogens with one attached hydrogen (secondary N) is 1. The standard InChI is InChI=1S/C17H35N/c1-12(2)9-16(10-13(3)4)18-17-8-7-14(5)11-15(17)6/h12-18H,7-11H2,1-6H3. The van der Waals surface area contributed by atoms with Crippen LogP contribution in [0.2, 0.25) is 0 Å². The fourth-order valence-electron chi connectivity index (χ4n) is 3.59. The lowest BCUT2D eigenvalue weighted by molar-refractivity contribution is 0.197. The topological polar surface area (TPSA) is 12.0 Å². The van der Waals surface area contributed by atoms with Gasteiger partial charge in [-0.25, -0.2) is 0 Å². The molecule has 0 aromatic heterocycles. The van der Waals surface area contributed by atoms with Crippen molar-refractivity contribution in [1.82, 2.24) is 5.32 Å². The maximum absolute atomic E-state index is 3.99. The Bertz CT molecular complexity index is 212. The van der Waals surface area contributed by atoms with Crippen LogP contribution < -0.4 is 5.32 Å². The zero-order valence-electron chi connectivity index (χ0n) is 13.5. The minimum absolute atomic E-state index is 0.728. The minimum Gasteiger partial charge on any atom is -0.311 e. The molecule has 0 aromatic rings. The summed E-state index contributed by atoms with van der Waals surface area (Å²) in [7, 11) is 0. The molecule has 1 aliphatic carbocycles. The van der Waals surface area contributed by atoms with Gasteiger partial charge in [-0.15, -0.1) is 0 Å². The molecule has 3 unspecified atom stereocenters. The quantitative estimate of drug-likeness (QED) is 0.712. The highest BCUT2D eigenvalue weighted by Crippen LogP contribution is 2.29. The highest BCUT2D eigenvalue weighted by Gasteiger charge is 2.27. The molecule has 1 nitrogen and oxygen atoms in total. The highest BCUT2D eigenvalue weighted by molar-refractivity contribution is 4.84. The third-order valence-corrected chi connectivity index (χ3v) is 4.39. The fraction of sp³-hybridized carbons (Fsp3) is 1.00. The molecule has 0 saturated heterocycles. The summed E-state index contributed by atoms with van der Waals surface area (Å²) in [5.74, 6) is 3.40. The normalized spacial score (nSPS) is 29.5. The lowest BCUT2D eigenvalue weighted by Crippen LogP contribution is -2.45. The molecule has 1 fully saturated rings. The summed E-state index contributed by atoms with van der Waals surface area (Å²) in [5.41, 5.74) is 0. The average molecular weight is 253 g/mol. The molecule has 18 heavy (non-hydrogen) atoms. The van der Waals surface area contributed by atoms with E-state index >= 15 is 0 Å². The van der Waals surface area contributed by atoms with Crippen molar-refractivity contribution in [3.8, 4) is 0 Å². The Labute approximate surface area is 115 Å². The SMILES string of the molecule is CC(C)CC(CC(C)C)NC1CCC(C)CC1C. The Morgan fingerprint density at radius 1 is 0.944 bits per heavy atom. The van der Waals surface area contributed by atoms with Gasteiger partial charge in [0.1, 0.15) is 0 Å². The van der Waals surface area contributed by atoms with E-state index in [-0.39, 0.29) is 0 Å². The monoisotopic (exact) mass is 253 g/mol. The first-order valence-corrected chi connectivity index (χ1v) is 8.14. The molecule has 1 rings (SSSR count). The average Bonchev–Trinajstić information content (AvgIpc) is 2.20. The van der Waals surface area contributed by atoms with E-state index in [4.69, 9.17) is 0 Å². The Balaban J connectivity index is 2.48. The molecule has 0 aliphatic heterocycles. The molecule has 0 amide bonds. The molecule has 3 atom stereocenters. The summed E-state index contributed by atoms with van der Waals surface area (Å²) in [6, 6.07) is 1.49. The zero-order chi connectivity index (χ0) is 13.7. The van der Waals surface area contributed by atoms with Gasteiger partial charge in [0.15, 0.2) is 0 Å². The molecule has 0 spiro atoms. The highest BCUT2D eigenvalue weighted by atomic mass is 15.0. The van der Waals surface area contributed by atoms with Crippen LogP contribution in [0.25, 0.3) is 0 Å². The fourth-order valence-corrected chi connectivity index (χ4v) is 3.59. The van der Waals surface area contributed by atoms with Gasteiger partial charge in [-0.1, -0.05) is 41.5 Å². The largest absolute Gasteiger partial charge is 0.311 e. The lowest BCUT2D eigenvalue weighted by atomic mass is 9.79. The molecule has 0 aromatic carbocycles. The van der Waals surface area contributed by atoms with E-state index in [1.807, 2.05) is 0 Å². The van der Waals surface area contributed by atoms with E-state index in [0.29, 0.717) is 0 Å². The molecule has 1 saturated carbocycles. The van der Waals surface area contributed by atoms with Crippen LogP contribution in [0.1, 0.15) is 73.6 Å². The molecular weight excluding hydrogens is 218 g/mol. The first-order valence-electron chi connectivity index (χ1n) is 8.14. The van der Waals surface area contributed by atoms with Crippen molar-refractivity contribution in [2.75, 3.05) is 0 Å². The maximum Gasteiger partial charge on any atom is 0.00954 e. The van der Waals surface area contributed by atoms with Crippen molar-refractivity contribution < 1.29 is 0 Å². The summed E-state index contributed by atoms with van der Waals surface area (Å²) < 4.78 is 0. The van der Waals surface area contributed by atoms with Crippen LogP contribution in [0.5, 0.6) is 0 Å². The van der Waals surface area contributed by atoms with E-state index in [9.17, 15) is 0 Å². The number of hydrogen-bond donors (Lipinski definition) is 1. The number of hydrogen-bond acceptors (Lipinski definition) is 1. The summed E-state index contributed by atoms with van der Waals surface area (Å²) in [6.45, 7) is 14.2. The summed E-state index contributed by atoms with van der Waals surface area (Å²) in [6.07, 6.45) is 6.87. The molecule has 1 N–H and O–H groups in total. The second-order valence-electron chi connectivity index (χ2n) is 7.62. The van der Waals surface area contributed by atoms with Crippen molar-refractivity contribution in [3.05, 3.63) is 0 Å². The summed E-state index contributed by atoms with van der Waals surface area (Å²) in [4.78, 5) is 0. The molecule has 0 bridgehead atoms. The van der Waals surface area contributed by atoms with Gasteiger partial charge in [-0.2, -0.15) is 0 Å². The van der Waals surface area contributed by atoms with Crippen LogP contribution in [-0.2, 0) is 0 Å². The van der Waals surface area contributed by atoms with Gasteiger partial charge >= 0.3 is 0 Å². The van der Waals surface area contributed by atoms with Crippen molar-refractivity contribution in [2.24, 2.45) is 23.7 Å². The second-order valence-corrected chi connectivity index (χ2v) is 7.62. The van der Waals surface area contributed by atoms with Crippen molar-refractivity contribution in [2.45, 2.75) is 85.7 Å². The molecule has 0 radical (unpaired) electrons. The Morgan fingerprint density at radius 2 is 1.50 bits per heavy atom. The van der Waals surface area contributed by atoms with Crippen molar-refractivity contribution >= 4 is 0 Å². The molecule has 1 heteroatoms. The molecule has 108 valence electrons. The lowest BCUT2D eigenvalue weighted by Gasteiger charge is -2.37. The van der Waals surface area contributed by atoms with Gasteiger partial charge < -0.3 is 5.32 Å². The van der Waals surface area contributed by atoms with Gasteiger partial charge in [0.2, 0.25) is 0 Å². The second kappa shape index (κ2) is 7.53. The predicted octanol–water partition coefficient (Wildman–Crippen LogP) is 4.86. The minimum atomic E-state index is 0.728. The third kappa shape index (κ3) is 5.73. The van der Waals surface area contributed by atoms with Gasteiger partial charge in [-0.3, -0.25) is 0 Å². The number of rotatable bonds is 6. The van der Waals surface area contributed by atoms with E-state index < -0.39 is 0 Å². The first kappa shape index (κ1) is 16.0. The summed E-state index contributed by atoms with van der Waals surface area (Å²) >= 11 is 0. The van der Waals surface area contributed by atoms with Gasteiger partial charge in [0.05, 0.1) is 0 Å². The third-order valence-electron chi connectivity index (χ3n) is 4.39. The van der Waals surface area contributed by atoms with Crippen LogP contribution in [0.4, 0.5) is 0 Å². The molecular formula is C17H35N. The Hall–Kier alpha value is -0.0400. The van der Waals surface area contributed by atoms with Crippen molar-refractivity contribution in [3.63, 3.8) is 0 Å². The van der Waals surface area contributed by atoms with Crippen molar-refractivity contribution in [1.29, 1.82) is 0 Å². The van der Waals surface area contributed by atoms with Gasteiger partial charge in [0.25, 0.3) is 0 Å².